The molecule has 1 amide bonds. The third-order valence-electron chi connectivity index (χ3n) is 5.53. The highest BCUT2D eigenvalue weighted by molar-refractivity contribution is 5.82. The number of hydrogen-bond acceptors (Lipinski definition) is 16. The zero-order valence-electron chi connectivity index (χ0n) is 25.6. The number of rotatable bonds is 18. The Bertz CT molecular complexity index is 987. The molecule has 0 radical (unpaired) electrons. The van der Waals surface area contributed by atoms with Crippen molar-refractivity contribution in [1.29, 1.82) is 0 Å². The van der Waals surface area contributed by atoms with E-state index >= 15 is 0 Å². The van der Waals surface area contributed by atoms with Crippen LogP contribution in [0.25, 0.3) is 0 Å². The van der Waals surface area contributed by atoms with Gasteiger partial charge in [-0.2, -0.15) is 0 Å². The van der Waals surface area contributed by atoms with Crippen molar-refractivity contribution in [3.63, 3.8) is 0 Å². The first kappa shape index (κ1) is 38.2. The van der Waals surface area contributed by atoms with Crippen LogP contribution >= 0.6 is 0 Å². The molecule has 17 nitrogen and oxygen atoms in total. The van der Waals surface area contributed by atoms with Crippen LogP contribution in [-0.4, -0.2) is 126 Å². The summed E-state index contributed by atoms with van der Waals surface area (Å²) in [6.07, 6.45) is -8.39. The van der Waals surface area contributed by atoms with E-state index in [1.54, 1.807) is 0 Å². The van der Waals surface area contributed by atoms with E-state index < -0.39 is 85.4 Å². The predicted molar refractivity (Wildman–Crippen MR) is 145 cm³/mol. The molecule has 0 unspecified atom stereocenters. The van der Waals surface area contributed by atoms with Crippen LogP contribution in [0.5, 0.6) is 0 Å². The maximum atomic E-state index is 13.0. The van der Waals surface area contributed by atoms with Crippen LogP contribution in [-0.2, 0) is 71.3 Å². The largest absolute Gasteiger partial charge is 0.463 e. The fourth-order valence-corrected chi connectivity index (χ4v) is 3.79. The van der Waals surface area contributed by atoms with Crippen molar-refractivity contribution in [2.45, 2.75) is 77.5 Å². The van der Waals surface area contributed by atoms with Crippen LogP contribution in [0.15, 0.2) is 12.7 Å². The zero-order chi connectivity index (χ0) is 33.2. The Balaban J connectivity index is 3.35. The number of ether oxygens (including phenoxy) is 10. The van der Waals surface area contributed by atoms with Crippen LogP contribution < -0.4 is 5.32 Å². The first-order valence-electron chi connectivity index (χ1n) is 13.5. The summed E-state index contributed by atoms with van der Waals surface area (Å²) >= 11 is 0. The van der Waals surface area contributed by atoms with Crippen LogP contribution in [0.2, 0.25) is 0 Å². The first-order valence-corrected chi connectivity index (χ1v) is 13.5. The Hall–Kier alpha value is -3.80. The van der Waals surface area contributed by atoms with Crippen molar-refractivity contribution in [3.05, 3.63) is 12.7 Å². The SMILES string of the molecule is C=CCOC(=O)N[C@H](C(=O)OCCOCCOC)[C@H](C)O[C@@H]1O[C@H](COC(C)=O)[C@@H](OC(C)=O)[C@H](OC(C)=O)[C@H]1OC(C)=O. The van der Waals surface area contributed by atoms with Gasteiger partial charge in [0, 0.05) is 34.8 Å². The molecule has 0 aromatic carbocycles. The number of alkyl carbamates (subject to hydrolysis) is 1. The molecule has 250 valence electrons. The van der Waals surface area contributed by atoms with Crippen LogP contribution in [0.1, 0.15) is 34.6 Å². The highest BCUT2D eigenvalue weighted by Crippen LogP contribution is 2.31. The van der Waals surface area contributed by atoms with Gasteiger partial charge >= 0.3 is 35.9 Å². The molecule has 1 aliphatic rings. The minimum atomic E-state index is -1.62. The summed E-state index contributed by atoms with van der Waals surface area (Å²) in [5.74, 6) is -4.16. The van der Waals surface area contributed by atoms with Gasteiger partial charge in [-0.25, -0.2) is 9.59 Å². The standard InChI is InChI=1S/C27H41NO16/c1-8-9-38-27(34)28-21(25(33)37-13-12-36-11-10-35-7)15(2)40-26-24(43-19(6)32)23(42-18(5)31)22(41-17(4)30)20(44-26)14-39-16(3)29/h8,15,20-24,26H,1,9-14H2,2-7H3,(H,28,34)/t15-,20+,21-,22+,23-,24+,26+/m0/s1. The minimum Gasteiger partial charge on any atom is -0.463 e. The molecule has 0 aromatic heterocycles. The Morgan fingerprint density at radius 2 is 1.39 bits per heavy atom. The van der Waals surface area contributed by atoms with Gasteiger partial charge in [0.1, 0.15) is 25.9 Å². The topological polar surface area (TPSA) is 207 Å². The summed E-state index contributed by atoms with van der Waals surface area (Å²) in [5, 5.41) is 2.33. The highest BCUT2D eigenvalue weighted by atomic mass is 16.7. The van der Waals surface area contributed by atoms with E-state index in [1.165, 1.54) is 20.1 Å². The minimum absolute atomic E-state index is 0.0255. The van der Waals surface area contributed by atoms with Gasteiger partial charge in [-0.3, -0.25) is 19.2 Å². The van der Waals surface area contributed by atoms with E-state index in [9.17, 15) is 28.8 Å². The molecule has 0 aliphatic carbocycles. The number of carbonyl (C=O) groups excluding carboxylic acids is 6. The van der Waals surface area contributed by atoms with Crippen LogP contribution in [0.3, 0.4) is 0 Å². The van der Waals surface area contributed by atoms with Gasteiger partial charge in [0.05, 0.1) is 25.9 Å². The lowest BCUT2D eigenvalue weighted by atomic mass is 9.98. The molecule has 0 spiro atoms. The molecule has 1 aliphatic heterocycles. The van der Waals surface area contributed by atoms with E-state index in [-0.39, 0.29) is 26.4 Å². The summed E-state index contributed by atoms with van der Waals surface area (Å²) in [7, 11) is 1.50. The molecule has 44 heavy (non-hydrogen) atoms. The van der Waals surface area contributed by atoms with Crippen molar-refractivity contribution in [2.75, 3.05) is 46.8 Å². The smallest absolute Gasteiger partial charge is 0.408 e. The fraction of sp³-hybridized carbons (Fsp3) is 0.704. The lowest BCUT2D eigenvalue weighted by Crippen LogP contribution is -2.64. The summed E-state index contributed by atoms with van der Waals surface area (Å²) in [6.45, 7) is 8.90. The maximum absolute atomic E-state index is 13.0. The van der Waals surface area contributed by atoms with Gasteiger partial charge in [0.15, 0.2) is 30.6 Å². The van der Waals surface area contributed by atoms with Crippen molar-refractivity contribution in [1.82, 2.24) is 5.32 Å². The third-order valence-corrected chi connectivity index (χ3v) is 5.53. The Morgan fingerprint density at radius 1 is 0.795 bits per heavy atom. The quantitative estimate of drug-likeness (QED) is 0.0907. The molecule has 1 heterocycles. The second-order valence-electron chi connectivity index (χ2n) is 9.19. The van der Waals surface area contributed by atoms with Crippen molar-refractivity contribution in [2.24, 2.45) is 0 Å². The summed E-state index contributed by atoms with van der Waals surface area (Å²) < 4.78 is 53.2. The van der Waals surface area contributed by atoms with Gasteiger partial charge in [-0.1, -0.05) is 12.7 Å². The third kappa shape index (κ3) is 14.1. The average molecular weight is 636 g/mol. The molecule has 17 heteroatoms. The predicted octanol–water partition coefficient (Wildman–Crippen LogP) is -0.0384. The molecule has 1 N–H and O–H groups in total. The summed E-state index contributed by atoms with van der Waals surface area (Å²) in [4.78, 5) is 73.0. The molecule has 1 rings (SSSR count). The molecule has 0 bridgehead atoms. The van der Waals surface area contributed by atoms with Crippen LogP contribution in [0, 0.1) is 0 Å². The highest BCUT2D eigenvalue weighted by Gasteiger charge is 2.53. The Morgan fingerprint density at radius 3 is 1.95 bits per heavy atom. The number of carbonyl (C=O) groups is 6. The van der Waals surface area contributed by atoms with Crippen molar-refractivity contribution >= 4 is 35.9 Å². The lowest BCUT2D eigenvalue weighted by molar-refractivity contribution is -0.317. The summed E-state index contributed by atoms with van der Waals surface area (Å²) in [5.41, 5.74) is 0. The number of nitrogens with one attached hydrogen (secondary N) is 1. The second-order valence-corrected chi connectivity index (χ2v) is 9.19. The zero-order valence-corrected chi connectivity index (χ0v) is 25.6. The van der Waals surface area contributed by atoms with Crippen molar-refractivity contribution < 1.29 is 76.1 Å². The Labute approximate surface area is 254 Å². The molecule has 0 saturated carbocycles. The number of methoxy groups -OCH3 is 1. The Kier molecular flexibility index (Phi) is 17.6. The van der Waals surface area contributed by atoms with E-state index in [2.05, 4.69) is 11.9 Å². The number of esters is 5. The molecule has 1 fully saturated rings. The van der Waals surface area contributed by atoms with Crippen molar-refractivity contribution in [3.8, 4) is 0 Å². The molecular weight excluding hydrogens is 594 g/mol. The molecule has 1 saturated heterocycles. The van der Waals surface area contributed by atoms with Gasteiger partial charge in [0.25, 0.3) is 0 Å². The van der Waals surface area contributed by atoms with E-state index in [1.807, 2.05) is 0 Å². The van der Waals surface area contributed by atoms with Crippen LogP contribution in [0.4, 0.5) is 4.79 Å². The fourth-order valence-electron chi connectivity index (χ4n) is 3.79. The van der Waals surface area contributed by atoms with Gasteiger partial charge in [-0.15, -0.1) is 0 Å². The normalized spacial score (nSPS) is 22.4. The molecule has 7 atom stereocenters. The van der Waals surface area contributed by atoms with Gasteiger partial charge in [0.2, 0.25) is 0 Å². The maximum Gasteiger partial charge on any atom is 0.408 e. The van der Waals surface area contributed by atoms with E-state index in [0.717, 1.165) is 27.7 Å². The molecule has 0 aromatic rings. The first-order chi connectivity index (χ1) is 20.8. The van der Waals surface area contributed by atoms with Gasteiger partial charge < -0.3 is 52.7 Å². The summed E-state index contributed by atoms with van der Waals surface area (Å²) in [6, 6.07) is -1.52. The number of hydrogen-bond donors (Lipinski definition) is 1. The second kappa shape index (κ2) is 20.2. The average Bonchev–Trinajstić information content (AvgIpc) is 2.93. The van der Waals surface area contributed by atoms with E-state index in [0.29, 0.717) is 6.61 Å². The number of amides is 1. The van der Waals surface area contributed by atoms with E-state index in [4.69, 9.17) is 47.4 Å². The van der Waals surface area contributed by atoms with Gasteiger partial charge in [-0.05, 0) is 6.92 Å². The molecular formula is C27H41NO16. The monoisotopic (exact) mass is 635 g/mol. The lowest BCUT2D eigenvalue weighted by Gasteiger charge is -2.45.